The molecule has 234 valence electrons. The molecule has 2 unspecified atom stereocenters. The van der Waals surface area contributed by atoms with Gasteiger partial charge in [0.25, 0.3) is 0 Å². The van der Waals surface area contributed by atoms with Crippen molar-refractivity contribution in [2.75, 3.05) is 31.1 Å². The molecule has 2 heterocycles. The molecular weight excluding hydrogens is 524 g/mol. The summed E-state index contributed by atoms with van der Waals surface area (Å²) in [5.41, 5.74) is 20.6. The lowest BCUT2D eigenvalue weighted by molar-refractivity contribution is -0.437. The van der Waals surface area contributed by atoms with Crippen LogP contribution in [-0.2, 0) is 10.8 Å². The van der Waals surface area contributed by atoms with E-state index in [1.807, 2.05) is 0 Å². The first-order chi connectivity index (χ1) is 21.0. The monoisotopic (exact) mass is 583 g/mol. The van der Waals surface area contributed by atoms with Crippen molar-refractivity contribution in [2.24, 2.45) is 11.5 Å². The normalized spacial score (nSPS) is 22.3. The van der Waals surface area contributed by atoms with E-state index in [-0.39, 0.29) is 10.8 Å². The molecule has 0 aromatic heterocycles. The summed E-state index contributed by atoms with van der Waals surface area (Å²) < 4.78 is 2.57. The van der Waals surface area contributed by atoms with Crippen molar-refractivity contribution in [3.63, 3.8) is 0 Å². The van der Waals surface area contributed by atoms with Gasteiger partial charge < -0.3 is 16.4 Å². The summed E-state index contributed by atoms with van der Waals surface area (Å²) in [5, 5.41) is 0. The Hall–Kier alpha value is -2.69. The summed E-state index contributed by atoms with van der Waals surface area (Å²) in [6, 6.07) is 18.2. The minimum Gasteiger partial charge on any atom is -0.344 e. The number of benzene rings is 2. The number of unbranched alkanes of at least 4 members (excludes halogenated alkanes) is 6. The highest BCUT2D eigenvalue weighted by molar-refractivity contribution is 6.03. The summed E-state index contributed by atoms with van der Waals surface area (Å²) in [4.78, 5) is 2.57. The van der Waals surface area contributed by atoms with E-state index in [9.17, 15) is 0 Å². The number of para-hydroxylation sites is 2. The zero-order valence-corrected chi connectivity index (χ0v) is 27.7. The van der Waals surface area contributed by atoms with Gasteiger partial charge in [-0.25, -0.2) is 0 Å². The Morgan fingerprint density at radius 3 is 2.02 bits per heavy atom. The van der Waals surface area contributed by atoms with Crippen LogP contribution in [0.3, 0.4) is 0 Å². The first kappa shape index (κ1) is 33.2. The molecule has 0 saturated heterocycles. The van der Waals surface area contributed by atoms with E-state index in [0.29, 0.717) is 13.1 Å². The van der Waals surface area contributed by atoms with Crippen LogP contribution < -0.4 is 16.4 Å². The van der Waals surface area contributed by atoms with Crippen molar-refractivity contribution in [3.8, 4) is 0 Å². The largest absolute Gasteiger partial charge is 0.344 e. The Bertz CT molecular complexity index is 1270. The van der Waals surface area contributed by atoms with Crippen LogP contribution in [-0.4, -0.2) is 36.5 Å². The predicted octanol–water partition coefficient (Wildman–Crippen LogP) is 8.90. The molecule has 0 spiro atoms. The molecule has 0 saturated carbocycles. The smallest absolute Gasteiger partial charge is 0.209 e. The zero-order chi connectivity index (χ0) is 30.7. The molecule has 0 fully saturated rings. The third-order valence-electron chi connectivity index (χ3n) is 10.0. The topological polar surface area (TPSA) is 58.3 Å². The number of nitrogens with two attached hydrogens (primary N) is 2. The van der Waals surface area contributed by atoms with E-state index in [1.54, 1.807) is 0 Å². The van der Waals surface area contributed by atoms with Crippen LogP contribution in [0.15, 0.2) is 72.5 Å². The maximum atomic E-state index is 6.04. The van der Waals surface area contributed by atoms with Crippen LogP contribution in [0.4, 0.5) is 11.4 Å². The SMILES string of the molecule is CCCCCCC1(C)C(/C=C/C=C2\N(CCCN)c3ccccc3C2(C)CCCCCC)=[N+](CCCN)c2ccccc21. The second kappa shape index (κ2) is 15.9. The first-order valence-corrected chi connectivity index (χ1v) is 17.4. The fourth-order valence-corrected chi connectivity index (χ4v) is 7.58. The Morgan fingerprint density at radius 2 is 1.35 bits per heavy atom. The lowest BCUT2D eigenvalue weighted by atomic mass is 9.75. The van der Waals surface area contributed by atoms with Crippen molar-refractivity contribution >= 4 is 17.1 Å². The van der Waals surface area contributed by atoms with E-state index in [1.165, 1.54) is 98.1 Å². The van der Waals surface area contributed by atoms with Gasteiger partial charge in [-0.2, -0.15) is 4.58 Å². The second-order valence-electron chi connectivity index (χ2n) is 13.2. The van der Waals surface area contributed by atoms with Crippen molar-refractivity contribution in [1.82, 2.24) is 0 Å². The number of rotatable bonds is 18. The predicted molar refractivity (Wildman–Crippen MR) is 187 cm³/mol. The standard InChI is InChI=1S/C39H59N4/c1-5-7-9-15-26-38(3)32-20-11-13-22-34(32)42(30-18-28-40)36(38)24-17-25-37-39(4,27-16-10-8-6-2)33-21-12-14-23-35(33)43(37)31-19-29-41/h11-14,17,20-25H,5-10,15-16,18-19,26-31,40-41H2,1-4H3/q+1. The van der Waals surface area contributed by atoms with Gasteiger partial charge in [0.1, 0.15) is 0 Å². The minimum atomic E-state index is -0.00469. The molecule has 2 aromatic carbocycles. The van der Waals surface area contributed by atoms with Gasteiger partial charge in [0.15, 0.2) is 12.3 Å². The molecule has 4 nitrogen and oxygen atoms in total. The summed E-state index contributed by atoms with van der Waals surface area (Å²) in [6.07, 6.45) is 21.8. The van der Waals surface area contributed by atoms with Crippen molar-refractivity contribution < 1.29 is 4.58 Å². The van der Waals surface area contributed by atoms with E-state index in [0.717, 1.165) is 25.9 Å². The van der Waals surface area contributed by atoms with Gasteiger partial charge in [0, 0.05) is 47.5 Å². The van der Waals surface area contributed by atoms with E-state index < -0.39 is 0 Å². The molecular formula is C39H59N4+. The molecule has 4 rings (SSSR count). The van der Waals surface area contributed by atoms with Crippen molar-refractivity contribution in [2.45, 2.75) is 116 Å². The number of hydrogen-bond acceptors (Lipinski definition) is 3. The molecule has 0 radical (unpaired) electrons. The maximum Gasteiger partial charge on any atom is 0.209 e. The molecule has 0 amide bonds. The molecule has 2 atom stereocenters. The molecule has 2 aliphatic heterocycles. The molecule has 4 N–H and O–H groups in total. The Kier molecular flexibility index (Phi) is 12.2. The van der Waals surface area contributed by atoms with Crippen LogP contribution >= 0.6 is 0 Å². The molecule has 43 heavy (non-hydrogen) atoms. The number of nitrogens with zero attached hydrogens (tertiary/aromatic N) is 2. The van der Waals surface area contributed by atoms with Crippen molar-refractivity contribution in [1.29, 1.82) is 0 Å². The summed E-state index contributed by atoms with van der Waals surface area (Å²) >= 11 is 0. The third-order valence-corrected chi connectivity index (χ3v) is 10.0. The van der Waals surface area contributed by atoms with Crippen LogP contribution in [0.2, 0.25) is 0 Å². The fourth-order valence-electron chi connectivity index (χ4n) is 7.58. The Labute approximate surface area is 262 Å². The molecule has 2 aromatic rings. The zero-order valence-electron chi connectivity index (χ0n) is 27.7. The number of fused-ring (bicyclic) bond motifs is 2. The quantitative estimate of drug-likeness (QED) is 0.136. The highest BCUT2D eigenvalue weighted by Crippen LogP contribution is 2.51. The van der Waals surface area contributed by atoms with Crippen LogP contribution in [0, 0.1) is 0 Å². The lowest BCUT2D eigenvalue weighted by Gasteiger charge is -2.30. The van der Waals surface area contributed by atoms with Gasteiger partial charge in [-0.3, -0.25) is 0 Å². The molecule has 2 aliphatic rings. The first-order valence-electron chi connectivity index (χ1n) is 17.4. The van der Waals surface area contributed by atoms with Gasteiger partial charge in [-0.1, -0.05) is 108 Å². The Morgan fingerprint density at radius 1 is 0.721 bits per heavy atom. The summed E-state index contributed by atoms with van der Waals surface area (Å²) in [5.74, 6) is 0. The van der Waals surface area contributed by atoms with E-state index >= 15 is 0 Å². The molecule has 0 aliphatic carbocycles. The van der Waals surface area contributed by atoms with Gasteiger partial charge in [-0.15, -0.1) is 0 Å². The lowest BCUT2D eigenvalue weighted by Crippen LogP contribution is -2.32. The minimum absolute atomic E-state index is 0.00469. The van der Waals surface area contributed by atoms with Crippen LogP contribution in [0.5, 0.6) is 0 Å². The van der Waals surface area contributed by atoms with E-state index in [2.05, 4.69) is 104 Å². The highest BCUT2D eigenvalue weighted by atomic mass is 15.2. The van der Waals surface area contributed by atoms with Gasteiger partial charge >= 0.3 is 0 Å². The maximum absolute atomic E-state index is 6.04. The molecule has 0 bridgehead atoms. The average molecular weight is 584 g/mol. The van der Waals surface area contributed by atoms with E-state index in [4.69, 9.17) is 11.5 Å². The van der Waals surface area contributed by atoms with Gasteiger partial charge in [-0.05, 0) is 63.9 Å². The average Bonchev–Trinajstić information content (AvgIpc) is 3.40. The van der Waals surface area contributed by atoms with Crippen molar-refractivity contribution in [3.05, 3.63) is 83.6 Å². The number of allylic oxidation sites excluding steroid dienone is 4. The summed E-state index contributed by atoms with van der Waals surface area (Å²) in [7, 11) is 0. The third kappa shape index (κ3) is 7.18. The van der Waals surface area contributed by atoms with Crippen LogP contribution in [0.25, 0.3) is 0 Å². The van der Waals surface area contributed by atoms with Gasteiger partial charge in [0.2, 0.25) is 5.69 Å². The Balaban J connectivity index is 1.76. The summed E-state index contributed by atoms with van der Waals surface area (Å²) in [6.45, 7) is 12.9. The fraction of sp³-hybridized carbons (Fsp3) is 0.564. The second-order valence-corrected chi connectivity index (χ2v) is 13.2. The van der Waals surface area contributed by atoms with Gasteiger partial charge in [0.05, 0.1) is 5.41 Å². The molecule has 4 heteroatoms. The number of hydrogen-bond donors (Lipinski definition) is 2. The van der Waals surface area contributed by atoms with Crippen LogP contribution in [0.1, 0.15) is 116 Å². The highest BCUT2D eigenvalue weighted by Gasteiger charge is 2.47. The number of anilines is 1.